The van der Waals surface area contributed by atoms with E-state index in [1.807, 2.05) is 0 Å². The summed E-state index contributed by atoms with van der Waals surface area (Å²) in [6.07, 6.45) is 3.01. The van der Waals surface area contributed by atoms with E-state index in [2.05, 4.69) is 9.97 Å². The Balaban J connectivity index is 2.13. The lowest BCUT2D eigenvalue weighted by Crippen LogP contribution is -2.00. The monoisotopic (exact) mass is 406 g/mol. The van der Waals surface area contributed by atoms with E-state index in [-0.39, 0.29) is 22.4 Å². The molecule has 0 aliphatic heterocycles. The maximum absolute atomic E-state index is 11.8. The molecule has 0 aliphatic rings. The lowest BCUT2D eigenvalue weighted by molar-refractivity contribution is 0.480. The molecule has 2 aromatic heterocycles. The number of nitrogens with zero attached hydrogens (tertiary/aromatic N) is 2. The molecule has 0 spiro atoms. The number of pyridine rings is 1. The first kappa shape index (κ1) is 17.5. The quantitative estimate of drug-likeness (QED) is 0.490. The first-order valence-electron chi connectivity index (χ1n) is 7.37. The number of rotatable bonds is 3. The average Bonchev–Trinajstić information content (AvgIpc) is 3.05. The predicted octanol–water partition coefficient (Wildman–Crippen LogP) is 2.54. The molecule has 0 bridgehead atoms. The van der Waals surface area contributed by atoms with Gasteiger partial charge in [-0.2, -0.15) is 16.8 Å². The number of hydrogen-bond acceptors (Lipinski definition) is 7. The first-order valence-corrected chi connectivity index (χ1v) is 10.3. The summed E-state index contributed by atoms with van der Waals surface area (Å²) in [4.78, 5) is 7.19. The van der Waals surface area contributed by atoms with Crippen LogP contribution in [0.3, 0.4) is 0 Å². The number of fused-ring (bicyclic) bond motifs is 3. The molecule has 2 heterocycles. The summed E-state index contributed by atoms with van der Waals surface area (Å²) < 4.78 is 70.7. The fraction of sp³-hybridized carbons (Fsp3) is 0. The Kier molecular flexibility index (Phi) is 3.78. The summed E-state index contributed by atoms with van der Waals surface area (Å²) in [5.41, 5.74) is 0.482. The van der Waals surface area contributed by atoms with Crippen LogP contribution in [-0.2, 0) is 20.2 Å². The maximum atomic E-state index is 11.8. The summed E-state index contributed by atoms with van der Waals surface area (Å²) >= 11 is 0. The summed E-state index contributed by atoms with van der Waals surface area (Å²) in [6, 6.07) is 7.88. The standard InChI is InChI=1S/C16H10N2O7S2/c19-26(20,21)11-1-2-12-10(7-11)8-13(27(22,23)24)15-14(12)18-16(25-15)9-3-5-17-6-4-9/h1-8H,(H,19,20,21)(H,22,23,24). The van der Waals surface area contributed by atoms with Crippen molar-refractivity contribution in [2.24, 2.45) is 0 Å². The summed E-state index contributed by atoms with van der Waals surface area (Å²) in [6.45, 7) is 0. The third kappa shape index (κ3) is 3.06. The van der Waals surface area contributed by atoms with Gasteiger partial charge in [0, 0.05) is 23.3 Å². The molecule has 138 valence electrons. The lowest BCUT2D eigenvalue weighted by Gasteiger charge is -2.04. The van der Waals surface area contributed by atoms with Gasteiger partial charge in [-0.05, 0) is 35.7 Å². The Hall–Kier alpha value is -2.86. The molecule has 11 heteroatoms. The molecule has 0 aliphatic carbocycles. The first-order chi connectivity index (χ1) is 12.6. The Morgan fingerprint density at radius 2 is 1.59 bits per heavy atom. The average molecular weight is 406 g/mol. The highest BCUT2D eigenvalue weighted by Gasteiger charge is 2.23. The van der Waals surface area contributed by atoms with E-state index in [4.69, 9.17) is 4.42 Å². The van der Waals surface area contributed by atoms with Gasteiger partial charge in [0.15, 0.2) is 5.58 Å². The Morgan fingerprint density at radius 1 is 0.889 bits per heavy atom. The minimum absolute atomic E-state index is 0.101. The SMILES string of the molecule is O=S(=O)(O)c1ccc2c(c1)cc(S(=O)(=O)O)c1oc(-c3ccncc3)nc12. The second kappa shape index (κ2) is 5.82. The minimum atomic E-state index is -4.70. The Labute approximate surface area is 152 Å². The van der Waals surface area contributed by atoms with Crippen molar-refractivity contribution in [3.8, 4) is 11.5 Å². The molecular weight excluding hydrogens is 396 g/mol. The molecule has 0 fully saturated rings. The van der Waals surface area contributed by atoms with Crippen molar-refractivity contribution >= 4 is 42.1 Å². The second-order valence-electron chi connectivity index (χ2n) is 5.64. The fourth-order valence-electron chi connectivity index (χ4n) is 2.72. The van der Waals surface area contributed by atoms with Gasteiger partial charge in [-0.1, -0.05) is 6.07 Å². The van der Waals surface area contributed by atoms with Gasteiger partial charge >= 0.3 is 0 Å². The van der Waals surface area contributed by atoms with Gasteiger partial charge in [0.2, 0.25) is 5.89 Å². The molecule has 0 saturated heterocycles. The van der Waals surface area contributed by atoms with Gasteiger partial charge in [0.25, 0.3) is 20.2 Å². The van der Waals surface area contributed by atoms with E-state index >= 15 is 0 Å². The van der Waals surface area contributed by atoms with Crippen LogP contribution in [0.15, 0.2) is 63.0 Å². The van der Waals surface area contributed by atoms with Crippen LogP contribution in [-0.4, -0.2) is 35.9 Å². The van der Waals surface area contributed by atoms with Crippen LogP contribution in [0.1, 0.15) is 0 Å². The zero-order valence-corrected chi connectivity index (χ0v) is 14.9. The number of oxazole rings is 1. The zero-order chi connectivity index (χ0) is 19.4. The van der Waals surface area contributed by atoms with Crippen molar-refractivity contribution in [3.05, 3.63) is 48.8 Å². The normalized spacial score (nSPS) is 12.7. The van der Waals surface area contributed by atoms with Gasteiger partial charge in [0.1, 0.15) is 10.4 Å². The van der Waals surface area contributed by atoms with Gasteiger partial charge in [-0.15, -0.1) is 0 Å². The molecule has 0 atom stereocenters. The lowest BCUT2D eigenvalue weighted by atomic mass is 10.1. The summed E-state index contributed by atoms with van der Waals surface area (Å²) in [5, 5.41) is 0.522. The summed E-state index contributed by atoms with van der Waals surface area (Å²) in [5.74, 6) is 0.101. The van der Waals surface area contributed by atoms with E-state index in [0.29, 0.717) is 10.9 Å². The highest BCUT2D eigenvalue weighted by atomic mass is 32.2. The van der Waals surface area contributed by atoms with Crippen molar-refractivity contribution in [1.29, 1.82) is 0 Å². The maximum Gasteiger partial charge on any atom is 0.298 e. The molecular formula is C16H10N2O7S2. The largest absolute Gasteiger partial charge is 0.435 e. The van der Waals surface area contributed by atoms with Gasteiger partial charge in [-0.25, -0.2) is 4.98 Å². The molecule has 0 unspecified atom stereocenters. The van der Waals surface area contributed by atoms with Gasteiger partial charge in [-0.3, -0.25) is 14.1 Å². The fourth-order valence-corrected chi connectivity index (χ4v) is 3.89. The molecule has 4 aromatic rings. The number of hydrogen-bond donors (Lipinski definition) is 2. The van der Waals surface area contributed by atoms with Crippen molar-refractivity contribution in [2.75, 3.05) is 0 Å². The number of aromatic nitrogens is 2. The van der Waals surface area contributed by atoms with Gasteiger partial charge in [0.05, 0.1) is 4.90 Å². The van der Waals surface area contributed by atoms with Crippen molar-refractivity contribution in [3.63, 3.8) is 0 Å². The third-order valence-corrected chi connectivity index (χ3v) is 5.63. The van der Waals surface area contributed by atoms with Crippen LogP contribution in [0.5, 0.6) is 0 Å². The topological polar surface area (TPSA) is 148 Å². The highest BCUT2D eigenvalue weighted by molar-refractivity contribution is 7.86. The van der Waals surface area contributed by atoms with E-state index in [9.17, 15) is 25.9 Å². The minimum Gasteiger partial charge on any atom is -0.435 e. The molecule has 9 nitrogen and oxygen atoms in total. The molecule has 2 aromatic carbocycles. The molecule has 27 heavy (non-hydrogen) atoms. The van der Waals surface area contributed by atoms with Gasteiger partial charge < -0.3 is 4.42 Å². The predicted molar refractivity (Wildman–Crippen MR) is 94.4 cm³/mol. The van der Waals surface area contributed by atoms with E-state index in [1.165, 1.54) is 18.5 Å². The van der Waals surface area contributed by atoms with Crippen LogP contribution in [0.2, 0.25) is 0 Å². The zero-order valence-electron chi connectivity index (χ0n) is 13.3. The summed E-state index contributed by atoms with van der Waals surface area (Å²) in [7, 11) is -9.19. The molecule has 0 saturated carbocycles. The smallest absolute Gasteiger partial charge is 0.298 e. The van der Waals surface area contributed by atoms with Crippen LogP contribution >= 0.6 is 0 Å². The molecule has 2 N–H and O–H groups in total. The van der Waals surface area contributed by atoms with E-state index in [1.54, 1.807) is 12.1 Å². The Morgan fingerprint density at radius 3 is 2.22 bits per heavy atom. The van der Waals surface area contributed by atoms with Crippen molar-refractivity contribution in [1.82, 2.24) is 9.97 Å². The van der Waals surface area contributed by atoms with Crippen molar-refractivity contribution in [2.45, 2.75) is 9.79 Å². The van der Waals surface area contributed by atoms with Crippen LogP contribution in [0.25, 0.3) is 33.3 Å². The molecule has 4 rings (SSSR count). The van der Waals surface area contributed by atoms with Crippen LogP contribution < -0.4 is 0 Å². The highest BCUT2D eigenvalue weighted by Crippen LogP contribution is 2.35. The number of benzene rings is 2. The molecule has 0 amide bonds. The second-order valence-corrected chi connectivity index (χ2v) is 8.45. The van der Waals surface area contributed by atoms with E-state index in [0.717, 1.165) is 18.2 Å². The third-order valence-electron chi connectivity index (χ3n) is 3.92. The van der Waals surface area contributed by atoms with Crippen molar-refractivity contribution < 1.29 is 30.4 Å². The van der Waals surface area contributed by atoms with Crippen LogP contribution in [0.4, 0.5) is 0 Å². The molecule has 0 radical (unpaired) electrons. The van der Waals surface area contributed by atoms with E-state index < -0.39 is 30.0 Å². The Bertz CT molecular complexity index is 1410. The van der Waals surface area contributed by atoms with Crippen LogP contribution in [0, 0.1) is 0 Å².